The van der Waals surface area contributed by atoms with Gasteiger partial charge in [-0.3, -0.25) is 0 Å². The van der Waals surface area contributed by atoms with Gasteiger partial charge in [-0.15, -0.1) is 0 Å². The van der Waals surface area contributed by atoms with Crippen molar-refractivity contribution in [2.45, 2.75) is 32.6 Å². The summed E-state index contributed by atoms with van der Waals surface area (Å²) in [6.07, 6.45) is 4.67. The van der Waals surface area contributed by atoms with Crippen LogP contribution in [0.4, 0.5) is 0 Å². The molecule has 0 saturated carbocycles. The number of ether oxygens (including phenoxy) is 7. The first-order chi connectivity index (χ1) is 22.3. The molecule has 0 aliphatic rings. The molecule has 0 saturated heterocycles. The predicted octanol–water partition coefficient (Wildman–Crippen LogP) is 6.71. The van der Waals surface area contributed by atoms with Crippen LogP contribution < -0.4 is 14.2 Å². The van der Waals surface area contributed by atoms with Crippen molar-refractivity contribution in [2.75, 3.05) is 40.3 Å². The fourth-order valence-corrected chi connectivity index (χ4v) is 4.03. The first-order valence-electron chi connectivity index (χ1n) is 14.9. The lowest BCUT2D eigenvalue weighted by atomic mass is 10.1. The van der Waals surface area contributed by atoms with Gasteiger partial charge in [-0.25, -0.2) is 14.4 Å². The van der Waals surface area contributed by atoms with E-state index in [2.05, 4.69) is 13.2 Å². The highest BCUT2D eigenvalue weighted by Crippen LogP contribution is 2.26. The number of rotatable bonds is 20. The number of esters is 3. The molecule has 3 rings (SSSR count). The van der Waals surface area contributed by atoms with Crippen molar-refractivity contribution in [2.24, 2.45) is 0 Å². The zero-order chi connectivity index (χ0) is 33.1. The lowest BCUT2D eigenvalue weighted by Gasteiger charge is -2.11. The summed E-state index contributed by atoms with van der Waals surface area (Å²) in [5, 5.41) is 0. The molecule has 0 radical (unpaired) electrons. The van der Waals surface area contributed by atoms with Gasteiger partial charge in [0.25, 0.3) is 0 Å². The Morgan fingerprint density at radius 2 is 1.30 bits per heavy atom. The smallest absolute Gasteiger partial charge is 0.343 e. The third-order valence-corrected chi connectivity index (χ3v) is 6.52. The average Bonchev–Trinajstić information content (AvgIpc) is 3.07. The summed E-state index contributed by atoms with van der Waals surface area (Å²) in [4.78, 5) is 36.4. The number of methoxy groups -OCH3 is 1. The molecule has 0 unspecified atom stereocenters. The van der Waals surface area contributed by atoms with E-state index in [0.29, 0.717) is 66.1 Å². The van der Waals surface area contributed by atoms with E-state index in [4.69, 9.17) is 33.2 Å². The van der Waals surface area contributed by atoms with Gasteiger partial charge in [0.15, 0.2) is 0 Å². The lowest BCUT2D eigenvalue weighted by Crippen LogP contribution is -2.11. The van der Waals surface area contributed by atoms with Crippen LogP contribution in [0.3, 0.4) is 0 Å². The maximum Gasteiger partial charge on any atom is 0.343 e. The Morgan fingerprint density at radius 1 is 0.696 bits per heavy atom. The Labute approximate surface area is 269 Å². The maximum atomic E-state index is 12.7. The summed E-state index contributed by atoms with van der Waals surface area (Å²) in [5.74, 6) is 0.297. The first-order valence-corrected chi connectivity index (χ1v) is 14.9. The van der Waals surface area contributed by atoms with Crippen LogP contribution >= 0.6 is 0 Å². The lowest BCUT2D eigenvalue weighted by molar-refractivity contribution is -0.137. The largest absolute Gasteiger partial charge is 0.494 e. The highest BCUT2D eigenvalue weighted by Gasteiger charge is 2.14. The first kappa shape index (κ1) is 35.5. The van der Waals surface area contributed by atoms with E-state index < -0.39 is 17.9 Å². The molecule has 0 aromatic heterocycles. The van der Waals surface area contributed by atoms with Crippen LogP contribution in [0.2, 0.25) is 0 Å². The third kappa shape index (κ3) is 12.2. The molecule has 0 heterocycles. The fourth-order valence-electron chi connectivity index (χ4n) is 4.03. The molecule has 0 amide bonds. The van der Waals surface area contributed by atoms with Gasteiger partial charge >= 0.3 is 17.9 Å². The van der Waals surface area contributed by atoms with E-state index in [1.165, 1.54) is 0 Å². The van der Waals surface area contributed by atoms with Crippen molar-refractivity contribution < 1.29 is 47.5 Å². The molecule has 0 N–H and O–H groups in total. The second kappa shape index (κ2) is 19.5. The number of hydrogen-bond donors (Lipinski definition) is 0. The standard InChI is InChI=1S/C36H40O10/c1-5-34(37)44-21-9-7-6-8-20-43-31-16-14-30(15-17-31)36(39)46-33-19-18-32(24-26(33)2)45-35(38)29-12-10-28(11-13-29)27(3)42-23-22-41-25-40-4/h5,10-19,24H,1,3,6-9,20-23,25H2,2,4H3. The summed E-state index contributed by atoms with van der Waals surface area (Å²) in [6, 6.07) is 18.2. The van der Waals surface area contributed by atoms with Crippen LogP contribution in [0.25, 0.3) is 5.76 Å². The third-order valence-electron chi connectivity index (χ3n) is 6.52. The number of aryl methyl sites for hydroxylation is 1. The molecule has 244 valence electrons. The summed E-state index contributed by atoms with van der Waals surface area (Å²) >= 11 is 0. The quantitative estimate of drug-likeness (QED) is 0.0332. The molecule has 0 aliphatic carbocycles. The average molecular weight is 633 g/mol. The van der Waals surface area contributed by atoms with E-state index in [1.807, 2.05) is 0 Å². The second-order valence-corrected chi connectivity index (χ2v) is 10.0. The minimum Gasteiger partial charge on any atom is -0.494 e. The van der Waals surface area contributed by atoms with Crippen molar-refractivity contribution in [1.29, 1.82) is 0 Å². The summed E-state index contributed by atoms with van der Waals surface area (Å²) in [5.41, 5.74) is 2.06. The predicted molar refractivity (Wildman–Crippen MR) is 172 cm³/mol. The van der Waals surface area contributed by atoms with E-state index in [1.54, 1.807) is 80.8 Å². The van der Waals surface area contributed by atoms with Gasteiger partial charge in [0.1, 0.15) is 36.4 Å². The van der Waals surface area contributed by atoms with Gasteiger partial charge in [-0.05, 0) is 92.8 Å². The van der Waals surface area contributed by atoms with Crippen LogP contribution in [0, 0.1) is 6.92 Å². The van der Waals surface area contributed by atoms with E-state index in [9.17, 15) is 14.4 Å². The van der Waals surface area contributed by atoms with E-state index in [0.717, 1.165) is 37.3 Å². The second-order valence-electron chi connectivity index (χ2n) is 10.0. The zero-order valence-electron chi connectivity index (χ0n) is 26.3. The Morgan fingerprint density at radius 3 is 1.96 bits per heavy atom. The SMILES string of the molecule is C=CC(=O)OCCCCCCOc1ccc(C(=O)Oc2ccc(OC(=O)c3ccc(C(=C)OCCOCOC)cc3)cc2C)cc1. The molecular formula is C36H40O10. The Bertz CT molecular complexity index is 1440. The molecular weight excluding hydrogens is 592 g/mol. The molecule has 0 aliphatic heterocycles. The molecule has 0 spiro atoms. The van der Waals surface area contributed by atoms with Crippen molar-refractivity contribution in [3.8, 4) is 17.2 Å². The molecule has 10 heteroatoms. The van der Waals surface area contributed by atoms with Gasteiger partial charge in [0.2, 0.25) is 0 Å². The molecule has 3 aromatic carbocycles. The number of hydrogen-bond acceptors (Lipinski definition) is 10. The maximum absolute atomic E-state index is 12.7. The minimum absolute atomic E-state index is 0.189. The topological polar surface area (TPSA) is 116 Å². The van der Waals surface area contributed by atoms with Gasteiger partial charge in [0, 0.05) is 18.7 Å². The van der Waals surface area contributed by atoms with Crippen molar-refractivity contribution >= 4 is 23.7 Å². The molecule has 0 bridgehead atoms. The highest BCUT2D eigenvalue weighted by molar-refractivity contribution is 5.92. The van der Waals surface area contributed by atoms with Gasteiger partial charge in [-0.2, -0.15) is 0 Å². The van der Waals surface area contributed by atoms with E-state index in [-0.39, 0.29) is 6.79 Å². The van der Waals surface area contributed by atoms with Gasteiger partial charge in [-0.1, -0.05) is 25.3 Å². The van der Waals surface area contributed by atoms with Crippen LogP contribution in [0.5, 0.6) is 17.2 Å². The van der Waals surface area contributed by atoms with E-state index >= 15 is 0 Å². The molecule has 3 aromatic rings. The van der Waals surface area contributed by atoms with Crippen molar-refractivity contribution in [3.63, 3.8) is 0 Å². The highest BCUT2D eigenvalue weighted by atomic mass is 16.7. The molecule has 46 heavy (non-hydrogen) atoms. The molecule has 0 atom stereocenters. The van der Waals surface area contributed by atoms with Gasteiger partial charge < -0.3 is 33.2 Å². The fraction of sp³-hybridized carbons (Fsp3) is 0.306. The molecule has 10 nitrogen and oxygen atoms in total. The zero-order valence-corrected chi connectivity index (χ0v) is 26.3. The van der Waals surface area contributed by atoms with Crippen LogP contribution in [-0.2, 0) is 23.7 Å². The van der Waals surface area contributed by atoms with Crippen LogP contribution in [0.1, 0.15) is 57.5 Å². The number of unbranched alkanes of at least 4 members (excludes halogenated alkanes) is 3. The number of carbonyl (C=O) groups excluding carboxylic acids is 3. The van der Waals surface area contributed by atoms with Crippen LogP contribution in [0.15, 0.2) is 86.0 Å². The van der Waals surface area contributed by atoms with Crippen molar-refractivity contribution in [1.82, 2.24) is 0 Å². The number of carbonyl (C=O) groups is 3. The van der Waals surface area contributed by atoms with Crippen LogP contribution in [-0.4, -0.2) is 58.2 Å². The monoisotopic (exact) mass is 632 g/mol. The Balaban J connectivity index is 1.41. The molecule has 0 fully saturated rings. The summed E-state index contributed by atoms with van der Waals surface area (Å²) in [6.45, 7) is 10.8. The minimum atomic E-state index is -0.538. The van der Waals surface area contributed by atoms with Crippen molar-refractivity contribution in [3.05, 3.63) is 108 Å². The number of benzene rings is 3. The van der Waals surface area contributed by atoms with Gasteiger partial charge in [0.05, 0.1) is 30.9 Å². The summed E-state index contributed by atoms with van der Waals surface area (Å²) < 4.78 is 37.3. The Hall–Kier alpha value is -4.93. The normalized spacial score (nSPS) is 10.5. The Kier molecular flexibility index (Phi) is 15.0. The summed E-state index contributed by atoms with van der Waals surface area (Å²) in [7, 11) is 1.54.